The molecule has 2 heterocycles. The zero-order chi connectivity index (χ0) is 17.1. The Morgan fingerprint density at radius 3 is 2.88 bits per heavy atom. The van der Waals surface area contributed by atoms with E-state index in [0.717, 1.165) is 29.8 Å². The molecule has 0 fully saturated rings. The number of fused-ring (bicyclic) bond motifs is 1. The molecule has 0 aliphatic heterocycles. The van der Waals surface area contributed by atoms with Gasteiger partial charge in [-0.25, -0.2) is 4.98 Å². The van der Waals surface area contributed by atoms with Crippen molar-refractivity contribution in [2.24, 2.45) is 0 Å². The van der Waals surface area contributed by atoms with Crippen LogP contribution in [0.2, 0.25) is 0 Å². The van der Waals surface area contributed by atoms with Crippen LogP contribution >= 0.6 is 11.3 Å². The first kappa shape index (κ1) is 15.8. The van der Waals surface area contributed by atoms with E-state index in [4.69, 9.17) is 4.74 Å². The number of thiazole rings is 1. The third kappa shape index (κ3) is 3.69. The molecule has 3 aromatic rings. The van der Waals surface area contributed by atoms with E-state index in [1.165, 1.54) is 28.9 Å². The van der Waals surface area contributed by atoms with Gasteiger partial charge in [0.05, 0.1) is 5.69 Å². The number of aryl methyl sites for hydroxylation is 2. The number of aromatic nitrogens is 2. The fraction of sp³-hybridized carbons (Fsp3) is 0.211. The Morgan fingerprint density at radius 2 is 2.00 bits per heavy atom. The van der Waals surface area contributed by atoms with E-state index in [0.29, 0.717) is 5.13 Å². The summed E-state index contributed by atoms with van der Waals surface area (Å²) < 4.78 is 5.61. The molecule has 0 bridgehead atoms. The molecule has 6 heteroatoms. The number of ether oxygens (including phenoxy) is 1. The molecule has 1 aromatic carbocycles. The van der Waals surface area contributed by atoms with Crippen LogP contribution in [0.5, 0.6) is 5.75 Å². The lowest BCUT2D eigenvalue weighted by Crippen LogP contribution is -2.20. The molecule has 0 spiro atoms. The molecule has 0 atom stereocenters. The first-order valence-electron chi connectivity index (χ1n) is 8.18. The van der Waals surface area contributed by atoms with Crippen molar-refractivity contribution in [3.05, 3.63) is 59.2 Å². The molecule has 1 aliphatic rings. The summed E-state index contributed by atoms with van der Waals surface area (Å²) in [5, 5.41) is 5.26. The average Bonchev–Trinajstić information content (AvgIpc) is 3.29. The molecule has 2 aromatic heterocycles. The largest absolute Gasteiger partial charge is 0.484 e. The Morgan fingerprint density at radius 1 is 1.16 bits per heavy atom. The van der Waals surface area contributed by atoms with Crippen LogP contribution in [0.15, 0.2) is 48.1 Å². The van der Waals surface area contributed by atoms with Gasteiger partial charge in [0, 0.05) is 23.3 Å². The van der Waals surface area contributed by atoms with Crippen molar-refractivity contribution in [2.45, 2.75) is 19.3 Å². The monoisotopic (exact) mass is 351 g/mol. The zero-order valence-corrected chi connectivity index (χ0v) is 14.4. The van der Waals surface area contributed by atoms with E-state index < -0.39 is 0 Å². The van der Waals surface area contributed by atoms with Gasteiger partial charge in [0.25, 0.3) is 5.91 Å². The Kier molecular flexibility index (Phi) is 4.43. The van der Waals surface area contributed by atoms with Gasteiger partial charge in [0.2, 0.25) is 0 Å². The summed E-state index contributed by atoms with van der Waals surface area (Å²) in [6.45, 7) is -0.0248. The lowest BCUT2D eigenvalue weighted by Gasteiger charge is -2.07. The molecule has 5 nitrogen and oxygen atoms in total. The Balaban J connectivity index is 1.34. The van der Waals surface area contributed by atoms with Gasteiger partial charge in [-0.05, 0) is 54.7 Å². The number of hydrogen-bond donors (Lipinski definition) is 1. The van der Waals surface area contributed by atoms with Crippen LogP contribution in [-0.2, 0) is 17.6 Å². The number of benzene rings is 1. The van der Waals surface area contributed by atoms with Crippen LogP contribution in [0.1, 0.15) is 17.5 Å². The van der Waals surface area contributed by atoms with Crippen LogP contribution in [0.4, 0.5) is 5.13 Å². The highest BCUT2D eigenvalue weighted by molar-refractivity contribution is 7.14. The molecule has 0 saturated heterocycles. The molecule has 1 amide bonds. The van der Waals surface area contributed by atoms with E-state index in [1.54, 1.807) is 12.4 Å². The molecule has 0 saturated carbocycles. The van der Waals surface area contributed by atoms with Gasteiger partial charge in [-0.15, -0.1) is 11.3 Å². The minimum atomic E-state index is -0.212. The number of carbonyl (C=O) groups is 1. The van der Waals surface area contributed by atoms with Crippen molar-refractivity contribution in [3.8, 4) is 17.0 Å². The van der Waals surface area contributed by atoms with Gasteiger partial charge in [0.1, 0.15) is 5.75 Å². The quantitative estimate of drug-likeness (QED) is 0.761. The zero-order valence-electron chi connectivity index (χ0n) is 13.6. The SMILES string of the molecule is O=C(COc1ccc2c(c1)CCC2)Nc1nc(-c2ccncc2)cs1. The molecule has 1 aliphatic carbocycles. The van der Waals surface area contributed by atoms with E-state index in [-0.39, 0.29) is 12.5 Å². The molecule has 1 N–H and O–H groups in total. The number of anilines is 1. The number of rotatable bonds is 5. The summed E-state index contributed by atoms with van der Waals surface area (Å²) in [6, 6.07) is 9.84. The van der Waals surface area contributed by atoms with Gasteiger partial charge in [0.15, 0.2) is 11.7 Å². The highest BCUT2D eigenvalue weighted by atomic mass is 32.1. The summed E-state index contributed by atoms with van der Waals surface area (Å²) in [7, 11) is 0. The van der Waals surface area contributed by atoms with Gasteiger partial charge < -0.3 is 4.74 Å². The summed E-state index contributed by atoms with van der Waals surface area (Å²) in [5.74, 6) is 0.531. The summed E-state index contributed by atoms with van der Waals surface area (Å²) in [5.41, 5.74) is 4.52. The Hall–Kier alpha value is -2.73. The van der Waals surface area contributed by atoms with E-state index in [1.807, 2.05) is 29.6 Å². The number of nitrogens with zero attached hydrogens (tertiary/aromatic N) is 2. The smallest absolute Gasteiger partial charge is 0.264 e. The van der Waals surface area contributed by atoms with Crippen molar-refractivity contribution in [1.29, 1.82) is 0 Å². The fourth-order valence-electron chi connectivity index (χ4n) is 2.93. The van der Waals surface area contributed by atoms with Crippen molar-refractivity contribution >= 4 is 22.4 Å². The number of amides is 1. The lowest BCUT2D eigenvalue weighted by atomic mass is 10.1. The number of carbonyl (C=O) groups excluding carboxylic acids is 1. The predicted molar refractivity (Wildman–Crippen MR) is 97.9 cm³/mol. The second-order valence-corrected chi connectivity index (χ2v) is 6.75. The Bertz CT molecular complexity index is 893. The van der Waals surface area contributed by atoms with Crippen molar-refractivity contribution in [2.75, 3.05) is 11.9 Å². The third-order valence-corrected chi connectivity index (χ3v) is 4.92. The van der Waals surface area contributed by atoms with Gasteiger partial charge >= 0.3 is 0 Å². The minimum Gasteiger partial charge on any atom is -0.484 e. The van der Waals surface area contributed by atoms with E-state index in [9.17, 15) is 4.79 Å². The van der Waals surface area contributed by atoms with Crippen LogP contribution in [-0.4, -0.2) is 22.5 Å². The second kappa shape index (κ2) is 7.03. The van der Waals surface area contributed by atoms with Crippen molar-refractivity contribution in [3.63, 3.8) is 0 Å². The first-order chi connectivity index (χ1) is 12.3. The maximum absolute atomic E-state index is 12.1. The molecular formula is C19H17N3O2S. The summed E-state index contributed by atoms with van der Waals surface area (Å²) >= 11 is 1.39. The molecule has 0 unspecified atom stereocenters. The third-order valence-electron chi connectivity index (χ3n) is 4.17. The van der Waals surface area contributed by atoms with Crippen LogP contribution in [0.25, 0.3) is 11.3 Å². The number of pyridine rings is 1. The van der Waals surface area contributed by atoms with Crippen LogP contribution < -0.4 is 10.1 Å². The van der Waals surface area contributed by atoms with Gasteiger partial charge in [-0.2, -0.15) is 0 Å². The van der Waals surface area contributed by atoms with Gasteiger partial charge in [-0.1, -0.05) is 6.07 Å². The van der Waals surface area contributed by atoms with Crippen molar-refractivity contribution in [1.82, 2.24) is 9.97 Å². The maximum Gasteiger partial charge on any atom is 0.264 e. The lowest BCUT2D eigenvalue weighted by molar-refractivity contribution is -0.118. The molecule has 0 radical (unpaired) electrons. The number of hydrogen-bond acceptors (Lipinski definition) is 5. The Labute approximate surface area is 149 Å². The normalized spacial score (nSPS) is 12.6. The first-order valence-corrected chi connectivity index (χ1v) is 9.06. The predicted octanol–water partition coefficient (Wildman–Crippen LogP) is 3.71. The van der Waals surface area contributed by atoms with E-state index in [2.05, 4.69) is 21.4 Å². The fourth-order valence-corrected chi connectivity index (χ4v) is 3.66. The molecular weight excluding hydrogens is 334 g/mol. The molecule has 4 rings (SSSR count). The van der Waals surface area contributed by atoms with Gasteiger partial charge in [-0.3, -0.25) is 15.1 Å². The number of nitrogens with one attached hydrogen (secondary N) is 1. The van der Waals surface area contributed by atoms with Crippen molar-refractivity contribution < 1.29 is 9.53 Å². The average molecular weight is 351 g/mol. The summed E-state index contributed by atoms with van der Waals surface area (Å²) in [4.78, 5) is 20.5. The summed E-state index contributed by atoms with van der Waals surface area (Å²) in [6.07, 6.45) is 6.87. The van der Waals surface area contributed by atoms with Crippen LogP contribution in [0.3, 0.4) is 0 Å². The topological polar surface area (TPSA) is 64.1 Å². The maximum atomic E-state index is 12.1. The highest BCUT2D eigenvalue weighted by Crippen LogP contribution is 2.26. The molecule has 126 valence electrons. The molecule has 25 heavy (non-hydrogen) atoms. The second-order valence-electron chi connectivity index (χ2n) is 5.89. The van der Waals surface area contributed by atoms with E-state index >= 15 is 0 Å². The standard InChI is InChI=1S/C19H17N3O2S/c23-18(11-24-16-5-4-13-2-1-3-15(13)10-16)22-19-21-17(12-25-19)14-6-8-20-9-7-14/h4-10,12H,1-3,11H2,(H,21,22,23). The minimum absolute atomic E-state index is 0.0248. The highest BCUT2D eigenvalue weighted by Gasteiger charge is 2.12. The van der Waals surface area contributed by atoms with Crippen LogP contribution in [0, 0.1) is 0 Å².